The minimum atomic E-state index is 0.199. The summed E-state index contributed by atoms with van der Waals surface area (Å²) in [5.74, 6) is 1.89. The van der Waals surface area contributed by atoms with E-state index in [4.69, 9.17) is 4.74 Å². The number of para-hydroxylation sites is 1. The van der Waals surface area contributed by atoms with Crippen LogP contribution in [0.15, 0.2) is 48.9 Å². The van der Waals surface area contributed by atoms with Crippen LogP contribution in [0.3, 0.4) is 0 Å². The molecule has 2 fully saturated rings. The van der Waals surface area contributed by atoms with Gasteiger partial charge in [0.05, 0.1) is 13.0 Å². The second-order valence-electron chi connectivity index (χ2n) is 7.32. The Balaban J connectivity index is 1.20. The first-order chi connectivity index (χ1) is 12.7. The molecule has 6 heteroatoms. The molecule has 2 aliphatic rings. The van der Waals surface area contributed by atoms with Gasteiger partial charge < -0.3 is 15.0 Å². The largest absolute Gasteiger partial charge is 0.493 e. The summed E-state index contributed by atoms with van der Waals surface area (Å²) in [4.78, 5) is 22.6. The van der Waals surface area contributed by atoms with E-state index >= 15 is 0 Å². The highest BCUT2D eigenvalue weighted by atomic mass is 16.5. The zero-order valence-corrected chi connectivity index (χ0v) is 14.8. The van der Waals surface area contributed by atoms with E-state index in [1.54, 1.807) is 12.5 Å². The monoisotopic (exact) mass is 352 g/mol. The Morgan fingerprint density at radius 3 is 2.88 bits per heavy atom. The van der Waals surface area contributed by atoms with Gasteiger partial charge >= 0.3 is 0 Å². The molecule has 6 nitrogen and oxygen atoms in total. The standard InChI is InChI=1S/C20H24N4O2/c25-19(7-11-26-17-4-2-1-3-5-17)24-10-8-20(14-24)12-16(13-20)23-18-6-9-21-15-22-18/h1-6,9,15-16H,7-8,10-14H2,(H,21,22,23). The van der Waals surface area contributed by atoms with Gasteiger partial charge in [-0.25, -0.2) is 9.97 Å². The molecule has 1 spiro atoms. The fourth-order valence-electron chi connectivity index (χ4n) is 4.09. The Kier molecular flexibility index (Phi) is 4.73. The molecule has 1 N–H and O–H groups in total. The SMILES string of the molecule is O=C(CCOc1ccccc1)N1CCC2(CC(Nc3ccncn3)C2)C1. The number of ether oxygens (including phenoxy) is 1. The molecular weight excluding hydrogens is 328 g/mol. The summed E-state index contributed by atoms with van der Waals surface area (Å²) in [5, 5.41) is 3.45. The highest BCUT2D eigenvalue weighted by Gasteiger charge is 2.49. The number of likely N-dealkylation sites (tertiary alicyclic amines) is 1. The minimum Gasteiger partial charge on any atom is -0.493 e. The molecule has 4 rings (SSSR count). The highest BCUT2D eigenvalue weighted by Crippen LogP contribution is 2.49. The van der Waals surface area contributed by atoms with E-state index < -0.39 is 0 Å². The van der Waals surface area contributed by atoms with Gasteiger partial charge in [0.25, 0.3) is 0 Å². The third-order valence-electron chi connectivity index (χ3n) is 5.41. The molecule has 1 aromatic heterocycles. The van der Waals surface area contributed by atoms with Crippen molar-refractivity contribution < 1.29 is 9.53 Å². The van der Waals surface area contributed by atoms with Crippen molar-refractivity contribution in [3.8, 4) is 5.75 Å². The molecule has 0 atom stereocenters. The second kappa shape index (κ2) is 7.32. The summed E-state index contributed by atoms with van der Waals surface area (Å²) < 4.78 is 5.64. The number of benzene rings is 1. The van der Waals surface area contributed by atoms with Gasteiger partial charge in [-0.2, -0.15) is 0 Å². The van der Waals surface area contributed by atoms with Crippen LogP contribution in [0.4, 0.5) is 5.82 Å². The summed E-state index contributed by atoms with van der Waals surface area (Å²) in [6.07, 6.45) is 7.04. The number of rotatable bonds is 6. The molecule has 1 amide bonds. The Hall–Kier alpha value is -2.63. The molecule has 0 radical (unpaired) electrons. The molecule has 0 bridgehead atoms. The lowest BCUT2D eigenvalue weighted by molar-refractivity contribution is -0.131. The van der Waals surface area contributed by atoms with Crippen molar-refractivity contribution in [1.82, 2.24) is 14.9 Å². The smallest absolute Gasteiger partial charge is 0.226 e. The van der Waals surface area contributed by atoms with Gasteiger partial charge in [-0.05, 0) is 42.9 Å². The number of hydrogen-bond acceptors (Lipinski definition) is 5. The van der Waals surface area contributed by atoms with Gasteiger partial charge in [0.2, 0.25) is 5.91 Å². The average molecular weight is 352 g/mol. The summed E-state index contributed by atoms with van der Waals surface area (Å²) >= 11 is 0. The summed E-state index contributed by atoms with van der Waals surface area (Å²) in [6.45, 7) is 2.17. The first-order valence-corrected chi connectivity index (χ1v) is 9.21. The number of nitrogens with one attached hydrogen (secondary N) is 1. The molecule has 1 aliphatic carbocycles. The van der Waals surface area contributed by atoms with E-state index in [0.717, 1.165) is 43.9 Å². The van der Waals surface area contributed by atoms with E-state index in [-0.39, 0.29) is 5.91 Å². The van der Waals surface area contributed by atoms with Gasteiger partial charge in [0.1, 0.15) is 17.9 Å². The van der Waals surface area contributed by atoms with Gasteiger partial charge in [-0.1, -0.05) is 18.2 Å². The number of aromatic nitrogens is 2. The van der Waals surface area contributed by atoms with Gasteiger partial charge in [-0.15, -0.1) is 0 Å². The fourth-order valence-corrected chi connectivity index (χ4v) is 4.09. The first-order valence-electron chi connectivity index (χ1n) is 9.21. The normalized spacial score (nSPS) is 24.3. The quantitative estimate of drug-likeness (QED) is 0.866. The van der Waals surface area contributed by atoms with Gasteiger partial charge in [0, 0.05) is 25.3 Å². The molecular formula is C20H24N4O2. The van der Waals surface area contributed by atoms with Crippen LogP contribution in [0.5, 0.6) is 5.75 Å². The van der Waals surface area contributed by atoms with Crippen LogP contribution in [0.25, 0.3) is 0 Å². The molecule has 136 valence electrons. The van der Waals surface area contributed by atoms with Crippen molar-refractivity contribution in [2.24, 2.45) is 5.41 Å². The highest BCUT2D eigenvalue weighted by molar-refractivity contribution is 5.76. The summed E-state index contributed by atoms with van der Waals surface area (Å²) in [5.41, 5.74) is 0.292. The maximum absolute atomic E-state index is 12.4. The first kappa shape index (κ1) is 16.8. The summed E-state index contributed by atoms with van der Waals surface area (Å²) in [6, 6.07) is 12.0. The van der Waals surface area contributed by atoms with Crippen LogP contribution >= 0.6 is 0 Å². The third-order valence-corrected chi connectivity index (χ3v) is 5.41. The number of amides is 1. The number of carbonyl (C=O) groups excluding carboxylic acids is 1. The van der Waals surface area contributed by atoms with Crippen LogP contribution in [0, 0.1) is 5.41 Å². The number of hydrogen-bond donors (Lipinski definition) is 1. The third kappa shape index (κ3) is 3.79. The van der Waals surface area contributed by atoms with Crippen LogP contribution in [0.1, 0.15) is 25.7 Å². The maximum atomic E-state index is 12.4. The van der Waals surface area contributed by atoms with Crippen molar-refractivity contribution in [3.05, 3.63) is 48.9 Å². The predicted octanol–water partition coefficient (Wildman–Crippen LogP) is 2.74. The molecule has 1 saturated carbocycles. The maximum Gasteiger partial charge on any atom is 0.226 e. The van der Waals surface area contributed by atoms with Gasteiger partial charge in [-0.3, -0.25) is 4.79 Å². The average Bonchev–Trinajstić information content (AvgIpc) is 3.09. The Bertz CT molecular complexity index is 732. The van der Waals surface area contributed by atoms with Crippen molar-refractivity contribution in [1.29, 1.82) is 0 Å². The molecule has 2 heterocycles. The predicted molar refractivity (Wildman–Crippen MR) is 98.9 cm³/mol. The molecule has 2 aromatic rings. The minimum absolute atomic E-state index is 0.199. The van der Waals surface area contributed by atoms with Crippen LogP contribution < -0.4 is 10.1 Å². The van der Waals surface area contributed by atoms with Crippen LogP contribution in [-0.4, -0.2) is 46.5 Å². The van der Waals surface area contributed by atoms with Crippen molar-refractivity contribution in [2.75, 3.05) is 25.0 Å². The molecule has 1 saturated heterocycles. The molecule has 0 unspecified atom stereocenters. The lowest BCUT2D eigenvalue weighted by atomic mass is 9.65. The van der Waals surface area contributed by atoms with Crippen molar-refractivity contribution in [3.63, 3.8) is 0 Å². The number of anilines is 1. The Labute approximate surface area is 153 Å². The Morgan fingerprint density at radius 2 is 2.12 bits per heavy atom. The van der Waals surface area contributed by atoms with E-state index in [9.17, 15) is 4.79 Å². The zero-order chi connectivity index (χ0) is 17.8. The molecule has 26 heavy (non-hydrogen) atoms. The number of carbonyl (C=O) groups is 1. The van der Waals surface area contributed by atoms with E-state index in [1.807, 2.05) is 41.3 Å². The summed E-state index contributed by atoms with van der Waals surface area (Å²) in [7, 11) is 0. The Morgan fingerprint density at radius 1 is 1.27 bits per heavy atom. The fraction of sp³-hybridized carbons (Fsp3) is 0.450. The topological polar surface area (TPSA) is 67.3 Å². The van der Waals surface area contributed by atoms with Crippen molar-refractivity contribution in [2.45, 2.75) is 31.7 Å². The van der Waals surface area contributed by atoms with Gasteiger partial charge in [0.15, 0.2) is 0 Å². The van der Waals surface area contributed by atoms with E-state index in [1.165, 1.54) is 0 Å². The second-order valence-corrected chi connectivity index (χ2v) is 7.32. The lowest BCUT2D eigenvalue weighted by Crippen LogP contribution is -2.47. The lowest BCUT2D eigenvalue weighted by Gasteiger charge is -2.45. The van der Waals surface area contributed by atoms with Crippen LogP contribution in [-0.2, 0) is 4.79 Å². The van der Waals surface area contributed by atoms with E-state index in [0.29, 0.717) is 24.5 Å². The van der Waals surface area contributed by atoms with Crippen LogP contribution in [0.2, 0.25) is 0 Å². The molecule has 1 aromatic carbocycles. The van der Waals surface area contributed by atoms with E-state index in [2.05, 4.69) is 15.3 Å². The number of nitrogens with zero attached hydrogens (tertiary/aromatic N) is 3. The molecule has 1 aliphatic heterocycles. The van der Waals surface area contributed by atoms with Crippen molar-refractivity contribution >= 4 is 11.7 Å². The zero-order valence-electron chi connectivity index (χ0n) is 14.8.